The molecule has 0 amide bonds. The second kappa shape index (κ2) is 6.85. The fourth-order valence-electron chi connectivity index (χ4n) is 2.19. The molecule has 0 aromatic carbocycles. The van der Waals surface area contributed by atoms with Gasteiger partial charge in [-0.25, -0.2) is 0 Å². The van der Waals surface area contributed by atoms with Crippen molar-refractivity contribution < 1.29 is 4.74 Å². The minimum Gasteiger partial charge on any atom is -0.383 e. The van der Waals surface area contributed by atoms with E-state index in [1.54, 1.807) is 7.11 Å². The Bertz CT molecular complexity index is 239. The summed E-state index contributed by atoms with van der Waals surface area (Å²) in [5.41, 5.74) is 0. The van der Waals surface area contributed by atoms with E-state index in [1.165, 1.54) is 6.42 Å². The summed E-state index contributed by atoms with van der Waals surface area (Å²) in [6.07, 6.45) is 1.78. The highest BCUT2D eigenvalue weighted by molar-refractivity contribution is 4.88. The van der Waals surface area contributed by atoms with Crippen LogP contribution < -0.4 is 0 Å². The molecular formula is C12H23N3O. The maximum absolute atomic E-state index is 8.86. The number of rotatable bonds is 4. The molecule has 0 saturated carbocycles. The van der Waals surface area contributed by atoms with E-state index in [0.29, 0.717) is 18.5 Å². The van der Waals surface area contributed by atoms with Crippen LogP contribution in [-0.4, -0.2) is 62.3 Å². The second-order valence-corrected chi connectivity index (χ2v) is 4.61. The molecule has 0 aromatic heterocycles. The fraction of sp³-hybridized carbons (Fsp3) is 0.917. The second-order valence-electron chi connectivity index (χ2n) is 4.61. The standard InChI is InChI=1S/C12H23N3O/c1-11-5-7-15(8-9-16-3)10-12(4-6-13)14(11)2/h11-12H,4-5,7-10H2,1-3H3. The third-order valence-electron chi connectivity index (χ3n) is 3.54. The lowest BCUT2D eigenvalue weighted by molar-refractivity contribution is 0.135. The van der Waals surface area contributed by atoms with E-state index < -0.39 is 0 Å². The van der Waals surface area contributed by atoms with Gasteiger partial charge in [0.1, 0.15) is 0 Å². The molecule has 1 aliphatic rings. The Hall–Kier alpha value is -0.630. The summed E-state index contributed by atoms with van der Waals surface area (Å²) < 4.78 is 5.11. The molecule has 0 aliphatic carbocycles. The summed E-state index contributed by atoms with van der Waals surface area (Å²) in [4.78, 5) is 4.75. The largest absolute Gasteiger partial charge is 0.383 e. The van der Waals surface area contributed by atoms with Gasteiger partial charge in [0.15, 0.2) is 0 Å². The topological polar surface area (TPSA) is 39.5 Å². The zero-order valence-electron chi connectivity index (χ0n) is 10.6. The summed E-state index contributed by atoms with van der Waals surface area (Å²) >= 11 is 0. The van der Waals surface area contributed by atoms with Crippen LogP contribution in [0.25, 0.3) is 0 Å². The van der Waals surface area contributed by atoms with Crippen LogP contribution in [0.15, 0.2) is 0 Å². The summed E-state index contributed by atoms with van der Waals surface area (Å²) in [5, 5.41) is 8.86. The van der Waals surface area contributed by atoms with E-state index >= 15 is 0 Å². The molecule has 0 bridgehead atoms. The van der Waals surface area contributed by atoms with Crippen molar-refractivity contribution in [3.8, 4) is 6.07 Å². The van der Waals surface area contributed by atoms with Gasteiger partial charge in [-0.3, -0.25) is 9.80 Å². The average molecular weight is 225 g/mol. The van der Waals surface area contributed by atoms with Gasteiger partial charge in [0, 0.05) is 32.3 Å². The maximum Gasteiger partial charge on any atom is 0.0638 e. The van der Waals surface area contributed by atoms with Crippen molar-refractivity contribution in [1.82, 2.24) is 9.80 Å². The third-order valence-corrected chi connectivity index (χ3v) is 3.54. The number of methoxy groups -OCH3 is 1. The molecule has 0 N–H and O–H groups in total. The van der Waals surface area contributed by atoms with Crippen LogP contribution in [0.4, 0.5) is 0 Å². The van der Waals surface area contributed by atoms with Crippen LogP contribution in [0.1, 0.15) is 19.8 Å². The van der Waals surface area contributed by atoms with Crippen molar-refractivity contribution in [3.05, 3.63) is 0 Å². The predicted octanol–water partition coefficient (Wildman–Crippen LogP) is 0.941. The molecule has 1 rings (SSSR count). The minimum atomic E-state index is 0.361. The van der Waals surface area contributed by atoms with E-state index in [0.717, 1.165) is 26.2 Å². The van der Waals surface area contributed by atoms with Gasteiger partial charge in [-0.2, -0.15) is 5.26 Å². The highest BCUT2D eigenvalue weighted by atomic mass is 16.5. The molecule has 0 aromatic rings. The van der Waals surface area contributed by atoms with Crippen LogP contribution >= 0.6 is 0 Å². The highest BCUT2D eigenvalue weighted by Gasteiger charge is 2.26. The molecule has 2 unspecified atom stereocenters. The minimum absolute atomic E-state index is 0.361. The number of ether oxygens (including phenoxy) is 1. The summed E-state index contributed by atoms with van der Waals surface area (Å²) in [5.74, 6) is 0. The van der Waals surface area contributed by atoms with Crippen LogP contribution in [0.5, 0.6) is 0 Å². The number of hydrogen-bond donors (Lipinski definition) is 0. The zero-order chi connectivity index (χ0) is 12.0. The van der Waals surface area contributed by atoms with Crippen LogP contribution in [0, 0.1) is 11.3 Å². The van der Waals surface area contributed by atoms with Gasteiger partial charge in [-0.05, 0) is 26.9 Å². The van der Waals surface area contributed by atoms with Gasteiger partial charge in [0.05, 0.1) is 19.1 Å². The lowest BCUT2D eigenvalue weighted by Crippen LogP contribution is -2.42. The van der Waals surface area contributed by atoms with E-state index in [2.05, 4.69) is 29.8 Å². The van der Waals surface area contributed by atoms with Crippen LogP contribution in [-0.2, 0) is 4.74 Å². The Morgan fingerprint density at radius 2 is 2.25 bits per heavy atom. The zero-order valence-corrected chi connectivity index (χ0v) is 10.6. The van der Waals surface area contributed by atoms with E-state index in [9.17, 15) is 0 Å². The Labute approximate surface area is 98.8 Å². The molecule has 4 nitrogen and oxygen atoms in total. The lowest BCUT2D eigenvalue weighted by Gasteiger charge is -2.29. The summed E-state index contributed by atoms with van der Waals surface area (Å²) in [6.45, 7) is 6.08. The Balaban J connectivity index is 2.55. The monoisotopic (exact) mass is 225 g/mol. The Kier molecular flexibility index (Phi) is 5.75. The summed E-state index contributed by atoms with van der Waals surface area (Å²) in [6, 6.07) is 3.21. The van der Waals surface area contributed by atoms with Gasteiger partial charge >= 0.3 is 0 Å². The van der Waals surface area contributed by atoms with Crippen LogP contribution in [0.3, 0.4) is 0 Å². The molecule has 0 radical (unpaired) electrons. The van der Waals surface area contributed by atoms with Crippen molar-refractivity contribution in [1.29, 1.82) is 5.26 Å². The van der Waals surface area contributed by atoms with Crippen molar-refractivity contribution in [2.75, 3.05) is 40.4 Å². The molecular weight excluding hydrogens is 202 g/mol. The van der Waals surface area contributed by atoms with E-state index in [4.69, 9.17) is 10.00 Å². The van der Waals surface area contributed by atoms with Gasteiger partial charge in [-0.15, -0.1) is 0 Å². The average Bonchev–Trinajstić information content (AvgIpc) is 2.41. The number of likely N-dealkylation sites (N-methyl/N-ethyl adjacent to an activating group) is 1. The molecule has 1 saturated heterocycles. The molecule has 4 heteroatoms. The molecule has 92 valence electrons. The molecule has 1 fully saturated rings. The van der Waals surface area contributed by atoms with Crippen molar-refractivity contribution in [3.63, 3.8) is 0 Å². The van der Waals surface area contributed by atoms with Gasteiger partial charge in [0.25, 0.3) is 0 Å². The van der Waals surface area contributed by atoms with Crippen LogP contribution in [0.2, 0.25) is 0 Å². The molecule has 2 atom stereocenters. The number of nitriles is 1. The predicted molar refractivity (Wildman–Crippen MR) is 64.2 cm³/mol. The van der Waals surface area contributed by atoms with Crippen molar-refractivity contribution in [2.45, 2.75) is 31.8 Å². The maximum atomic E-state index is 8.86. The first-order valence-electron chi connectivity index (χ1n) is 5.99. The van der Waals surface area contributed by atoms with Crippen molar-refractivity contribution in [2.24, 2.45) is 0 Å². The molecule has 0 spiro atoms. The van der Waals surface area contributed by atoms with Gasteiger partial charge in [0.2, 0.25) is 0 Å². The number of hydrogen-bond acceptors (Lipinski definition) is 4. The van der Waals surface area contributed by atoms with Crippen molar-refractivity contribution >= 4 is 0 Å². The van der Waals surface area contributed by atoms with E-state index in [-0.39, 0.29) is 0 Å². The SMILES string of the molecule is COCCN1CCC(C)N(C)C(CC#N)C1. The molecule has 16 heavy (non-hydrogen) atoms. The quantitative estimate of drug-likeness (QED) is 0.714. The fourth-order valence-corrected chi connectivity index (χ4v) is 2.19. The normalized spacial score (nSPS) is 28.6. The van der Waals surface area contributed by atoms with Gasteiger partial charge in [-0.1, -0.05) is 0 Å². The lowest BCUT2D eigenvalue weighted by atomic mass is 10.1. The first-order chi connectivity index (χ1) is 7.69. The van der Waals surface area contributed by atoms with E-state index in [1.807, 2.05) is 0 Å². The first-order valence-corrected chi connectivity index (χ1v) is 5.99. The first kappa shape index (κ1) is 13.4. The number of nitrogens with zero attached hydrogens (tertiary/aromatic N) is 3. The smallest absolute Gasteiger partial charge is 0.0638 e. The highest BCUT2D eigenvalue weighted by Crippen LogP contribution is 2.16. The summed E-state index contributed by atoms with van der Waals surface area (Å²) in [7, 11) is 3.87. The Morgan fingerprint density at radius 3 is 2.88 bits per heavy atom. The molecule has 1 heterocycles. The molecule has 1 aliphatic heterocycles. The Morgan fingerprint density at radius 1 is 1.50 bits per heavy atom. The van der Waals surface area contributed by atoms with Gasteiger partial charge < -0.3 is 4.74 Å². The third kappa shape index (κ3) is 3.75.